The minimum Gasteiger partial charge on any atom is -0.381 e. The Morgan fingerprint density at radius 1 is 1.40 bits per heavy atom. The fraction of sp³-hybridized carbons (Fsp3) is 1.00. The van der Waals surface area contributed by atoms with E-state index in [1.54, 1.807) is 0 Å². The highest BCUT2D eigenvalue weighted by Crippen LogP contribution is 2.31. The van der Waals surface area contributed by atoms with Crippen molar-refractivity contribution >= 4 is 0 Å². The summed E-state index contributed by atoms with van der Waals surface area (Å²) in [6, 6.07) is 1.11. The van der Waals surface area contributed by atoms with E-state index in [1.807, 2.05) is 0 Å². The highest BCUT2D eigenvalue weighted by molar-refractivity contribution is 4.92. The van der Waals surface area contributed by atoms with E-state index in [1.165, 1.54) is 12.8 Å². The lowest BCUT2D eigenvalue weighted by Gasteiger charge is -2.43. The van der Waals surface area contributed by atoms with Gasteiger partial charge in [0.05, 0.1) is 19.3 Å². The average Bonchev–Trinajstić information content (AvgIpc) is 2.86. The molecule has 1 N–H and O–H groups in total. The molecule has 20 heavy (non-hydrogen) atoms. The Morgan fingerprint density at radius 3 is 2.80 bits per heavy atom. The lowest BCUT2D eigenvalue weighted by Crippen LogP contribution is -2.54. The van der Waals surface area contributed by atoms with Crippen molar-refractivity contribution in [1.82, 2.24) is 10.2 Å². The quantitative estimate of drug-likeness (QED) is 0.807. The summed E-state index contributed by atoms with van der Waals surface area (Å²) in [6.45, 7) is 14.8. The van der Waals surface area contributed by atoms with E-state index in [9.17, 15) is 0 Å². The molecule has 118 valence electrons. The molecular weight excluding hydrogens is 252 g/mol. The minimum absolute atomic E-state index is 0.286. The fourth-order valence-corrected chi connectivity index (χ4v) is 3.30. The van der Waals surface area contributed by atoms with Crippen LogP contribution >= 0.6 is 0 Å². The van der Waals surface area contributed by atoms with Gasteiger partial charge in [-0.2, -0.15) is 0 Å². The van der Waals surface area contributed by atoms with Crippen LogP contribution in [0.2, 0.25) is 0 Å². The summed E-state index contributed by atoms with van der Waals surface area (Å²) in [7, 11) is 0. The summed E-state index contributed by atoms with van der Waals surface area (Å²) in [5, 5.41) is 3.62. The topological polar surface area (TPSA) is 33.7 Å². The highest BCUT2D eigenvalue weighted by atomic mass is 16.5. The molecule has 2 rings (SSSR count). The molecule has 0 aliphatic carbocycles. The molecule has 0 amide bonds. The van der Waals surface area contributed by atoms with Gasteiger partial charge in [0, 0.05) is 43.7 Å². The van der Waals surface area contributed by atoms with E-state index in [2.05, 4.69) is 37.9 Å². The molecule has 3 unspecified atom stereocenters. The summed E-state index contributed by atoms with van der Waals surface area (Å²) in [5.74, 6) is 0. The average molecular weight is 284 g/mol. The first-order valence-corrected chi connectivity index (χ1v) is 8.21. The number of morpholine rings is 1. The zero-order valence-electron chi connectivity index (χ0n) is 13.7. The molecular formula is C16H32N2O2. The normalized spacial score (nSPS) is 35.9. The SMILES string of the molecule is CCC1COC(C)CN1CC1(CNC(C)C)CCOC1. The molecule has 0 radical (unpaired) electrons. The molecule has 4 heteroatoms. The maximum atomic E-state index is 5.82. The van der Waals surface area contributed by atoms with Crippen LogP contribution in [0.5, 0.6) is 0 Å². The van der Waals surface area contributed by atoms with Crippen LogP contribution in [0.3, 0.4) is 0 Å². The molecule has 2 fully saturated rings. The molecule has 0 bridgehead atoms. The number of ether oxygens (including phenoxy) is 2. The van der Waals surface area contributed by atoms with Crippen molar-refractivity contribution in [1.29, 1.82) is 0 Å². The van der Waals surface area contributed by atoms with E-state index in [0.29, 0.717) is 18.2 Å². The van der Waals surface area contributed by atoms with Crippen LogP contribution in [0.25, 0.3) is 0 Å². The van der Waals surface area contributed by atoms with Gasteiger partial charge in [-0.3, -0.25) is 4.90 Å². The van der Waals surface area contributed by atoms with Crippen molar-refractivity contribution in [3.05, 3.63) is 0 Å². The monoisotopic (exact) mass is 284 g/mol. The number of hydrogen-bond acceptors (Lipinski definition) is 4. The standard InChI is InChI=1S/C16H32N2O2/c1-5-15-9-20-14(4)8-18(15)11-16(6-7-19-12-16)10-17-13(2)3/h13-15,17H,5-12H2,1-4H3. The molecule has 2 heterocycles. The second kappa shape index (κ2) is 7.21. The van der Waals surface area contributed by atoms with E-state index in [-0.39, 0.29) is 5.41 Å². The van der Waals surface area contributed by atoms with Crippen LogP contribution in [0.1, 0.15) is 40.5 Å². The van der Waals surface area contributed by atoms with Crippen molar-refractivity contribution in [2.75, 3.05) is 39.5 Å². The molecule has 2 saturated heterocycles. The maximum absolute atomic E-state index is 5.82. The van der Waals surface area contributed by atoms with Crippen molar-refractivity contribution in [3.8, 4) is 0 Å². The second-order valence-electron chi connectivity index (χ2n) is 6.97. The third-order valence-corrected chi connectivity index (χ3v) is 4.66. The summed E-state index contributed by atoms with van der Waals surface area (Å²) < 4.78 is 11.6. The van der Waals surface area contributed by atoms with E-state index in [0.717, 1.165) is 39.5 Å². The van der Waals surface area contributed by atoms with E-state index >= 15 is 0 Å². The van der Waals surface area contributed by atoms with Gasteiger partial charge in [0.15, 0.2) is 0 Å². The Morgan fingerprint density at radius 2 is 2.20 bits per heavy atom. The summed E-state index contributed by atoms with van der Waals surface area (Å²) in [4.78, 5) is 2.64. The fourth-order valence-electron chi connectivity index (χ4n) is 3.30. The van der Waals surface area contributed by atoms with Crippen LogP contribution in [0.15, 0.2) is 0 Å². The number of nitrogens with one attached hydrogen (secondary N) is 1. The Hall–Kier alpha value is -0.160. The van der Waals surface area contributed by atoms with Crippen LogP contribution in [-0.4, -0.2) is 62.5 Å². The Bertz CT molecular complexity index is 290. The van der Waals surface area contributed by atoms with Gasteiger partial charge in [0.1, 0.15) is 0 Å². The van der Waals surface area contributed by atoms with Gasteiger partial charge in [-0.15, -0.1) is 0 Å². The molecule has 0 spiro atoms. The highest BCUT2D eigenvalue weighted by Gasteiger charge is 2.39. The van der Waals surface area contributed by atoms with Crippen molar-refractivity contribution < 1.29 is 9.47 Å². The first-order chi connectivity index (χ1) is 9.54. The van der Waals surface area contributed by atoms with E-state index in [4.69, 9.17) is 9.47 Å². The maximum Gasteiger partial charge on any atom is 0.0674 e. The van der Waals surface area contributed by atoms with Crippen LogP contribution < -0.4 is 5.32 Å². The number of hydrogen-bond donors (Lipinski definition) is 1. The smallest absolute Gasteiger partial charge is 0.0674 e. The van der Waals surface area contributed by atoms with Gasteiger partial charge in [0.2, 0.25) is 0 Å². The van der Waals surface area contributed by atoms with E-state index < -0.39 is 0 Å². The molecule has 2 aliphatic rings. The Balaban J connectivity index is 1.98. The van der Waals surface area contributed by atoms with Crippen molar-refractivity contribution in [2.24, 2.45) is 5.41 Å². The molecule has 0 saturated carbocycles. The Labute approximate surface area is 124 Å². The van der Waals surface area contributed by atoms with Gasteiger partial charge < -0.3 is 14.8 Å². The van der Waals surface area contributed by atoms with Gasteiger partial charge in [-0.1, -0.05) is 20.8 Å². The van der Waals surface area contributed by atoms with Crippen LogP contribution in [0, 0.1) is 5.41 Å². The van der Waals surface area contributed by atoms with Crippen LogP contribution in [0.4, 0.5) is 0 Å². The summed E-state index contributed by atoms with van der Waals surface area (Å²) >= 11 is 0. The second-order valence-corrected chi connectivity index (χ2v) is 6.97. The summed E-state index contributed by atoms with van der Waals surface area (Å²) in [5.41, 5.74) is 0.286. The van der Waals surface area contributed by atoms with Gasteiger partial charge in [0.25, 0.3) is 0 Å². The molecule has 4 nitrogen and oxygen atoms in total. The lowest BCUT2D eigenvalue weighted by atomic mass is 9.85. The third kappa shape index (κ3) is 4.17. The third-order valence-electron chi connectivity index (χ3n) is 4.66. The number of rotatable bonds is 6. The first-order valence-electron chi connectivity index (χ1n) is 8.21. The van der Waals surface area contributed by atoms with Gasteiger partial charge >= 0.3 is 0 Å². The van der Waals surface area contributed by atoms with Gasteiger partial charge in [-0.05, 0) is 19.8 Å². The van der Waals surface area contributed by atoms with Crippen molar-refractivity contribution in [2.45, 2.75) is 58.7 Å². The zero-order chi connectivity index (χ0) is 14.6. The van der Waals surface area contributed by atoms with Crippen LogP contribution in [-0.2, 0) is 9.47 Å². The predicted octanol–water partition coefficient (Wildman–Crippen LogP) is 1.89. The predicted molar refractivity (Wildman–Crippen MR) is 82.1 cm³/mol. The summed E-state index contributed by atoms with van der Waals surface area (Å²) in [6.07, 6.45) is 2.70. The minimum atomic E-state index is 0.286. The molecule has 2 aliphatic heterocycles. The van der Waals surface area contributed by atoms with Crippen molar-refractivity contribution in [3.63, 3.8) is 0 Å². The molecule has 3 atom stereocenters. The molecule has 0 aromatic heterocycles. The largest absolute Gasteiger partial charge is 0.381 e. The zero-order valence-corrected chi connectivity index (χ0v) is 13.7. The lowest BCUT2D eigenvalue weighted by molar-refractivity contribution is -0.0699. The molecule has 0 aromatic carbocycles. The van der Waals surface area contributed by atoms with Gasteiger partial charge in [-0.25, -0.2) is 0 Å². The first kappa shape index (κ1) is 16.2. The Kier molecular flexibility index (Phi) is 5.84. The number of nitrogens with zero attached hydrogens (tertiary/aromatic N) is 1. The molecule has 0 aromatic rings.